The molecule has 2 aromatic heterocycles. The summed E-state index contributed by atoms with van der Waals surface area (Å²) in [7, 11) is -2.52. The van der Waals surface area contributed by atoms with E-state index in [-0.39, 0.29) is 37.7 Å². The molecule has 0 bridgehead atoms. The van der Waals surface area contributed by atoms with Crippen LogP contribution in [0.3, 0.4) is 0 Å². The Morgan fingerprint density at radius 2 is 1.84 bits per heavy atom. The van der Waals surface area contributed by atoms with Crippen molar-refractivity contribution < 1.29 is 21.6 Å². The molecule has 0 radical (unpaired) electrons. The molecule has 0 saturated carbocycles. The molecular formula is C17H16ClF3N6O3S. The van der Waals surface area contributed by atoms with Crippen molar-refractivity contribution in [2.24, 2.45) is 7.05 Å². The number of piperazine rings is 1. The van der Waals surface area contributed by atoms with Crippen LogP contribution >= 0.6 is 11.6 Å². The van der Waals surface area contributed by atoms with E-state index in [2.05, 4.69) is 15.1 Å². The van der Waals surface area contributed by atoms with Crippen molar-refractivity contribution in [3.05, 3.63) is 45.3 Å². The number of aryl methyl sites for hydroxylation is 1. The van der Waals surface area contributed by atoms with Gasteiger partial charge in [0.15, 0.2) is 5.65 Å². The van der Waals surface area contributed by atoms with Gasteiger partial charge in [-0.25, -0.2) is 8.42 Å². The Morgan fingerprint density at radius 1 is 1.16 bits per heavy atom. The van der Waals surface area contributed by atoms with Crippen molar-refractivity contribution >= 4 is 38.6 Å². The van der Waals surface area contributed by atoms with Gasteiger partial charge in [-0.15, -0.1) is 0 Å². The lowest BCUT2D eigenvalue weighted by atomic mass is 10.2. The predicted octanol–water partition coefficient (Wildman–Crippen LogP) is 1.84. The molecule has 0 atom stereocenters. The molecule has 3 heterocycles. The Morgan fingerprint density at radius 3 is 2.48 bits per heavy atom. The van der Waals surface area contributed by atoms with E-state index >= 15 is 0 Å². The number of hydrogen-bond donors (Lipinski definition) is 1. The molecule has 14 heteroatoms. The molecule has 0 unspecified atom stereocenters. The first-order valence-corrected chi connectivity index (χ1v) is 10.8. The Bertz CT molecular complexity index is 1310. The number of nitrogens with zero attached hydrogens (tertiary/aromatic N) is 5. The van der Waals surface area contributed by atoms with Crippen LogP contribution in [0.25, 0.3) is 11.0 Å². The quantitative estimate of drug-likeness (QED) is 0.618. The summed E-state index contributed by atoms with van der Waals surface area (Å²) in [4.78, 5) is 20.5. The van der Waals surface area contributed by atoms with E-state index in [1.165, 1.54) is 10.9 Å². The fourth-order valence-electron chi connectivity index (χ4n) is 3.34. The van der Waals surface area contributed by atoms with Crippen LogP contribution in [0.2, 0.25) is 5.02 Å². The number of benzene rings is 1. The smallest absolute Gasteiger partial charge is 0.340 e. The molecule has 166 valence electrons. The van der Waals surface area contributed by atoms with Crippen molar-refractivity contribution in [1.29, 1.82) is 0 Å². The van der Waals surface area contributed by atoms with Crippen LogP contribution in [0.1, 0.15) is 5.56 Å². The molecule has 0 spiro atoms. The van der Waals surface area contributed by atoms with Crippen LogP contribution in [-0.2, 0) is 23.2 Å². The second-order valence-electron chi connectivity index (χ2n) is 6.93. The molecule has 1 N–H and O–H groups in total. The molecule has 9 nitrogen and oxygen atoms in total. The highest BCUT2D eigenvalue weighted by Gasteiger charge is 2.36. The number of nitrogens with one attached hydrogen (secondary N) is 1. The van der Waals surface area contributed by atoms with E-state index in [0.717, 1.165) is 16.4 Å². The van der Waals surface area contributed by atoms with Crippen LogP contribution in [0.5, 0.6) is 0 Å². The number of rotatable bonds is 3. The Kier molecular flexibility index (Phi) is 5.22. The molecule has 31 heavy (non-hydrogen) atoms. The molecule has 1 aliphatic rings. The summed E-state index contributed by atoms with van der Waals surface area (Å²) < 4.78 is 67.6. The number of aromatic nitrogens is 4. The van der Waals surface area contributed by atoms with Gasteiger partial charge in [-0.05, 0) is 18.2 Å². The first-order valence-electron chi connectivity index (χ1n) is 9.02. The van der Waals surface area contributed by atoms with Gasteiger partial charge in [0.05, 0.1) is 21.7 Å². The zero-order chi connectivity index (χ0) is 22.6. The summed E-state index contributed by atoms with van der Waals surface area (Å²) in [6, 6.07) is 2.51. The molecule has 1 aliphatic heterocycles. The summed E-state index contributed by atoms with van der Waals surface area (Å²) >= 11 is 5.58. The average Bonchev–Trinajstić information content (AvgIpc) is 3.09. The minimum atomic E-state index is -4.77. The summed E-state index contributed by atoms with van der Waals surface area (Å²) in [6.45, 7) is 0.370. The molecule has 3 aromatic rings. The SMILES string of the molecule is Cn1ncc2c(=O)[nH]c(N3CCN(S(=O)(=O)c4ccc(Cl)c(C(F)(F)F)c4)CC3)nc21. The van der Waals surface area contributed by atoms with E-state index in [4.69, 9.17) is 11.6 Å². The van der Waals surface area contributed by atoms with Crippen molar-refractivity contribution in [2.75, 3.05) is 31.1 Å². The molecule has 0 amide bonds. The Hall–Kier alpha value is -2.64. The van der Waals surface area contributed by atoms with Crippen molar-refractivity contribution in [3.8, 4) is 0 Å². The van der Waals surface area contributed by atoms with Crippen LogP contribution in [0.4, 0.5) is 19.1 Å². The third-order valence-corrected chi connectivity index (χ3v) is 7.23. The summed E-state index contributed by atoms with van der Waals surface area (Å²) in [6.07, 6.45) is -3.37. The number of sulfonamides is 1. The second kappa shape index (κ2) is 7.50. The number of halogens is 4. The highest BCUT2D eigenvalue weighted by Crippen LogP contribution is 2.36. The van der Waals surface area contributed by atoms with Gasteiger partial charge < -0.3 is 4.90 Å². The van der Waals surface area contributed by atoms with Crippen molar-refractivity contribution in [1.82, 2.24) is 24.1 Å². The number of alkyl halides is 3. The molecule has 1 saturated heterocycles. The third-order valence-electron chi connectivity index (χ3n) is 5.01. The highest BCUT2D eigenvalue weighted by atomic mass is 35.5. The molecular weight excluding hydrogens is 461 g/mol. The van der Waals surface area contributed by atoms with Crippen LogP contribution in [0.15, 0.2) is 34.1 Å². The maximum absolute atomic E-state index is 13.1. The number of hydrogen-bond acceptors (Lipinski definition) is 6. The number of anilines is 1. The largest absolute Gasteiger partial charge is 0.417 e. The monoisotopic (exact) mass is 476 g/mol. The van der Waals surface area contributed by atoms with Crippen LogP contribution in [0, 0.1) is 0 Å². The molecule has 0 aliphatic carbocycles. The summed E-state index contributed by atoms with van der Waals surface area (Å²) in [5.74, 6) is 0.268. The predicted molar refractivity (Wildman–Crippen MR) is 107 cm³/mol. The minimum Gasteiger partial charge on any atom is -0.340 e. The lowest BCUT2D eigenvalue weighted by molar-refractivity contribution is -0.137. The van der Waals surface area contributed by atoms with E-state index in [1.807, 2.05) is 0 Å². The minimum absolute atomic E-state index is 0.000550. The summed E-state index contributed by atoms with van der Waals surface area (Å²) in [5, 5.41) is 3.75. The van der Waals surface area contributed by atoms with Crippen molar-refractivity contribution in [2.45, 2.75) is 11.1 Å². The molecule has 1 aromatic carbocycles. The summed E-state index contributed by atoms with van der Waals surface area (Å²) in [5.41, 5.74) is -1.20. The highest BCUT2D eigenvalue weighted by molar-refractivity contribution is 7.89. The van der Waals surface area contributed by atoms with Gasteiger partial charge in [0.25, 0.3) is 5.56 Å². The average molecular weight is 477 g/mol. The lowest BCUT2D eigenvalue weighted by Crippen LogP contribution is -2.49. The first kappa shape index (κ1) is 21.6. The lowest BCUT2D eigenvalue weighted by Gasteiger charge is -2.34. The maximum Gasteiger partial charge on any atom is 0.417 e. The number of fused-ring (bicyclic) bond motifs is 1. The van der Waals surface area contributed by atoms with Gasteiger partial charge in [-0.2, -0.15) is 27.6 Å². The van der Waals surface area contributed by atoms with E-state index in [1.54, 1.807) is 11.9 Å². The normalized spacial score (nSPS) is 16.2. The zero-order valence-corrected chi connectivity index (χ0v) is 17.6. The zero-order valence-electron chi connectivity index (χ0n) is 16.0. The van der Waals surface area contributed by atoms with Gasteiger partial charge in [0.1, 0.15) is 5.39 Å². The molecule has 4 rings (SSSR count). The van der Waals surface area contributed by atoms with Gasteiger partial charge >= 0.3 is 6.18 Å². The fraction of sp³-hybridized carbons (Fsp3) is 0.353. The number of aromatic amines is 1. The Labute approximate surface area is 179 Å². The first-order chi connectivity index (χ1) is 14.5. The topological polar surface area (TPSA) is 104 Å². The maximum atomic E-state index is 13.1. The second-order valence-corrected chi connectivity index (χ2v) is 9.27. The number of H-pyrrole nitrogens is 1. The molecule has 1 fully saturated rings. The fourth-order valence-corrected chi connectivity index (χ4v) is 5.02. The van der Waals surface area contributed by atoms with E-state index in [9.17, 15) is 26.4 Å². The van der Waals surface area contributed by atoms with Gasteiger partial charge in [-0.1, -0.05) is 11.6 Å². The Balaban J connectivity index is 1.56. The van der Waals surface area contributed by atoms with Crippen molar-refractivity contribution in [3.63, 3.8) is 0 Å². The van der Waals surface area contributed by atoms with Crippen LogP contribution in [-0.4, -0.2) is 58.7 Å². The standard InChI is InChI=1S/C17H16ClF3N6O3S/c1-25-14-11(9-22-25)15(28)24-16(23-14)26-4-6-27(7-5-26)31(29,30)10-2-3-13(18)12(8-10)17(19,20)21/h2-3,8-9H,4-7H2,1H3,(H,23,24,28). The van der Waals surface area contributed by atoms with Gasteiger partial charge in [0.2, 0.25) is 16.0 Å². The van der Waals surface area contributed by atoms with Crippen LogP contribution < -0.4 is 10.5 Å². The van der Waals surface area contributed by atoms with Gasteiger partial charge in [-0.3, -0.25) is 14.5 Å². The van der Waals surface area contributed by atoms with E-state index < -0.39 is 31.7 Å². The van der Waals surface area contributed by atoms with Gasteiger partial charge in [0, 0.05) is 33.2 Å². The third kappa shape index (κ3) is 3.88. The van der Waals surface area contributed by atoms with E-state index in [0.29, 0.717) is 17.1 Å².